The molecule has 0 aliphatic carbocycles. The smallest absolute Gasteiger partial charge is 0.137 e. The third-order valence-corrected chi connectivity index (χ3v) is 2.28. The van der Waals surface area contributed by atoms with Crippen molar-refractivity contribution in [2.75, 3.05) is 0 Å². The summed E-state index contributed by atoms with van der Waals surface area (Å²) in [6, 6.07) is 14.1. The quantitative estimate of drug-likeness (QED) is 0.423. The zero-order valence-corrected chi connectivity index (χ0v) is 9.50. The predicted octanol–water partition coefficient (Wildman–Crippen LogP) is 5.07. The summed E-state index contributed by atoms with van der Waals surface area (Å²) >= 11 is 5.82. The van der Waals surface area contributed by atoms with Gasteiger partial charge in [-0.1, -0.05) is 34.9 Å². The second kappa shape index (κ2) is 5.25. The molecular weight excluding hydrogens is 238 g/mol. The molecule has 0 unspecified atom stereocenters. The number of hydrogen-bond acceptors (Lipinski definition) is 2. The molecule has 0 bridgehead atoms. The van der Waals surface area contributed by atoms with Gasteiger partial charge in [0.1, 0.15) is 11.5 Å². The van der Waals surface area contributed by atoms with E-state index in [0.717, 1.165) is 0 Å². The summed E-state index contributed by atoms with van der Waals surface area (Å²) in [4.78, 5) is 2.74. The van der Waals surface area contributed by atoms with Crippen molar-refractivity contribution in [2.45, 2.75) is 0 Å². The van der Waals surface area contributed by atoms with E-state index in [0.29, 0.717) is 22.2 Å². The lowest BCUT2D eigenvalue weighted by Gasteiger charge is -2.08. The molecule has 0 aliphatic heterocycles. The van der Waals surface area contributed by atoms with Gasteiger partial charge in [-0.2, -0.15) is 0 Å². The average molecular weight is 246 g/mol. The van der Waals surface area contributed by atoms with Crippen molar-refractivity contribution >= 4 is 17.3 Å². The molecule has 0 saturated heterocycles. The number of ether oxygens (including phenoxy) is 1. The molecule has 0 atom stereocenters. The van der Waals surface area contributed by atoms with Crippen molar-refractivity contribution in [1.82, 2.24) is 0 Å². The highest BCUT2D eigenvalue weighted by Crippen LogP contribution is 2.34. The number of benzene rings is 2. The molecule has 0 radical (unpaired) electrons. The van der Waals surface area contributed by atoms with E-state index in [1.165, 1.54) is 0 Å². The Labute approximate surface area is 103 Å². The lowest BCUT2D eigenvalue weighted by molar-refractivity contribution is 0.484. The normalized spacial score (nSPS) is 9.47. The SMILES string of the molecule is [N-]=[N+]=Nc1cc(Cl)ccc1Oc1ccccc1. The Morgan fingerprint density at radius 2 is 1.88 bits per heavy atom. The minimum atomic E-state index is 0.365. The Morgan fingerprint density at radius 3 is 2.59 bits per heavy atom. The van der Waals surface area contributed by atoms with Crippen LogP contribution in [0.1, 0.15) is 0 Å². The highest BCUT2D eigenvalue weighted by molar-refractivity contribution is 6.30. The molecule has 0 fully saturated rings. The van der Waals surface area contributed by atoms with Crippen molar-refractivity contribution in [3.8, 4) is 11.5 Å². The Hall–Kier alpha value is -2.16. The van der Waals surface area contributed by atoms with Gasteiger partial charge in [-0.25, -0.2) is 0 Å². The first-order valence-corrected chi connectivity index (χ1v) is 5.25. The molecule has 4 nitrogen and oxygen atoms in total. The monoisotopic (exact) mass is 245 g/mol. The minimum absolute atomic E-state index is 0.365. The number of hydrogen-bond donors (Lipinski definition) is 0. The van der Waals surface area contributed by atoms with Crippen LogP contribution in [0.4, 0.5) is 5.69 Å². The van der Waals surface area contributed by atoms with Crippen LogP contribution in [0, 0.1) is 0 Å². The Morgan fingerprint density at radius 1 is 1.12 bits per heavy atom. The molecule has 0 amide bonds. The average Bonchev–Trinajstić information content (AvgIpc) is 2.34. The second-order valence-electron chi connectivity index (χ2n) is 3.22. The van der Waals surface area contributed by atoms with Gasteiger partial charge in [0, 0.05) is 9.93 Å². The third-order valence-electron chi connectivity index (χ3n) is 2.04. The largest absolute Gasteiger partial charge is 0.457 e. The van der Waals surface area contributed by atoms with Crippen LogP contribution in [-0.2, 0) is 0 Å². The lowest BCUT2D eigenvalue weighted by Crippen LogP contribution is -1.83. The van der Waals surface area contributed by atoms with Gasteiger partial charge in [-0.3, -0.25) is 0 Å². The highest BCUT2D eigenvalue weighted by atomic mass is 35.5. The number of rotatable bonds is 3. The zero-order chi connectivity index (χ0) is 12.1. The number of nitrogens with zero attached hydrogens (tertiary/aromatic N) is 3. The second-order valence-corrected chi connectivity index (χ2v) is 3.65. The molecule has 0 heterocycles. The maximum absolute atomic E-state index is 8.46. The van der Waals surface area contributed by atoms with Gasteiger partial charge in [-0.05, 0) is 35.9 Å². The summed E-state index contributed by atoms with van der Waals surface area (Å²) in [5, 5.41) is 4.03. The van der Waals surface area contributed by atoms with Crippen LogP contribution < -0.4 is 4.74 Å². The van der Waals surface area contributed by atoms with Gasteiger partial charge >= 0.3 is 0 Å². The van der Waals surface area contributed by atoms with Gasteiger partial charge in [0.2, 0.25) is 0 Å². The topological polar surface area (TPSA) is 58.0 Å². The fourth-order valence-corrected chi connectivity index (χ4v) is 1.49. The van der Waals surface area contributed by atoms with Gasteiger partial charge in [0.05, 0.1) is 5.69 Å². The van der Waals surface area contributed by atoms with E-state index in [9.17, 15) is 0 Å². The van der Waals surface area contributed by atoms with Crippen LogP contribution in [0.2, 0.25) is 5.02 Å². The molecule has 0 aromatic heterocycles. The fraction of sp³-hybridized carbons (Fsp3) is 0. The summed E-state index contributed by atoms with van der Waals surface area (Å²) in [6.07, 6.45) is 0. The number of azide groups is 1. The standard InChI is InChI=1S/C12H8ClN3O/c13-9-6-7-12(11(8-9)15-16-14)17-10-4-2-1-3-5-10/h1-8H. The molecule has 2 aromatic rings. The summed E-state index contributed by atoms with van der Waals surface area (Å²) in [7, 11) is 0. The molecule has 0 N–H and O–H groups in total. The Bertz CT molecular complexity index is 565. The van der Waals surface area contributed by atoms with E-state index in [1.807, 2.05) is 30.3 Å². The van der Waals surface area contributed by atoms with Gasteiger partial charge < -0.3 is 4.74 Å². The van der Waals surface area contributed by atoms with Crippen molar-refractivity contribution in [3.05, 3.63) is 64.0 Å². The van der Waals surface area contributed by atoms with Gasteiger partial charge in [-0.15, -0.1) is 0 Å². The predicted molar refractivity (Wildman–Crippen MR) is 66.8 cm³/mol. The fourth-order valence-electron chi connectivity index (χ4n) is 1.32. The number of halogens is 1. The lowest BCUT2D eigenvalue weighted by atomic mass is 10.3. The van der Waals surface area contributed by atoms with Crippen LogP contribution in [0.5, 0.6) is 11.5 Å². The molecule has 84 valence electrons. The van der Waals surface area contributed by atoms with Gasteiger partial charge in [0.15, 0.2) is 0 Å². The number of para-hydroxylation sites is 1. The van der Waals surface area contributed by atoms with Crippen LogP contribution in [0.15, 0.2) is 53.6 Å². The van der Waals surface area contributed by atoms with Crippen LogP contribution in [0.25, 0.3) is 10.4 Å². The van der Waals surface area contributed by atoms with Crippen LogP contribution >= 0.6 is 11.6 Å². The molecule has 0 aliphatic rings. The molecule has 0 spiro atoms. The van der Waals surface area contributed by atoms with E-state index in [4.69, 9.17) is 21.9 Å². The van der Waals surface area contributed by atoms with E-state index in [-0.39, 0.29) is 0 Å². The first kappa shape index (κ1) is 11.3. The van der Waals surface area contributed by atoms with Crippen molar-refractivity contribution < 1.29 is 4.74 Å². The summed E-state index contributed by atoms with van der Waals surface area (Å²) < 4.78 is 5.59. The van der Waals surface area contributed by atoms with E-state index >= 15 is 0 Å². The van der Waals surface area contributed by atoms with Crippen LogP contribution in [-0.4, -0.2) is 0 Å². The maximum atomic E-state index is 8.46. The molecule has 17 heavy (non-hydrogen) atoms. The van der Waals surface area contributed by atoms with Crippen LogP contribution in [0.3, 0.4) is 0 Å². The van der Waals surface area contributed by atoms with Crippen molar-refractivity contribution in [1.29, 1.82) is 0 Å². The van der Waals surface area contributed by atoms with Gasteiger partial charge in [0.25, 0.3) is 0 Å². The molecule has 5 heteroatoms. The molecule has 2 aromatic carbocycles. The summed E-state index contributed by atoms with van der Waals surface area (Å²) in [6.45, 7) is 0. The zero-order valence-electron chi connectivity index (χ0n) is 8.75. The summed E-state index contributed by atoms with van der Waals surface area (Å²) in [5.41, 5.74) is 8.83. The van der Waals surface area contributed by atoms with Crippen molar-refractivity contribution in [2.24, 2.45) is 5.11 Å². The van der Waals surface area contributed by atoms with E-state index in [2.05, 4.69) is 10.0 Å². The van der Waals surface area contributed by atoms with E-state index in [1.54, 1.807) is 18.2 Å². The maximum Gasteiger partial charge on any atom is 0.137 e. The molecular formula is C12H8ClN3O. The molecule has 2 rings (SSSR count). The van der Waals surface area contributed by atoms with E-state index < -0.39 is 0 Å². The summed E-state index contributed by atoms with van der Waals surface area (Å²) in [5.74, 6) is 1.14. The third kappa shape index (κ3) is 2.91. The first-order valence-electron chi connectivity index (χ1n) is 4.87. The Balaban J connectivity index is 2.35. The minimum Gasteiger partial charge on any atom is -0.457 e. The first-order chi connectivity index (χ1) is 8.29. The highest BCUT2D eigenvalue weighted by Gasteiger charge is 2.04. The molecule has 0 saturated carbocycles. The van der Waals surface area contributed by atoms with Crippen molar-refractivity contribution in [3.63, 3.8) is 0 Å². The Kier molecular flexibility index (Phi) is 3.50.